The van der Waals surface area contributed by atoms with Gasteiger partial charge < -0.3 is 9.88 Å². The van der Waals surface area contributed by atoms with Gasteiger partial charge >= 0.3 is 5.69 Å². The molecule has 0 unspecified atom stereocenters. The lowest BCUT2D eigenvalue weighted by atomic mass is 9.67. The van der Waals surface area contributed by atoms with Gasteiger partial charge in [-0.05, 0) is 23.1 Å². The van der Waals surface area contributed by atoms with Crippen molar-refractivity contribution in [3.63, 3.8) is 0 Å². The third-order valence-electron chi connectivity index (χ3n) is 6.49. The van der Waals surface area contributed by atoms with Crippen LogP contribution in [-0.2, 0) is 26.1 Å². The summed E-state index contributed by atoms with van der Waals surface area (Å²) in [5.74, 6) is 0.357. The maximum Gasteiger partial charge on any atom is 0.332 e. The lowest BCUT2D eigenvalue weighted by molar-refractivity contribution is 0.274. The molecule has 5 rings (SSSR count). The summed E-state index contributed by atoms with van der Waals surface area (Å²) in [6.07, 6.45) is 0. The first-order valence-corrected chi connectivity index (χ1v) is 8.97. The molecule has 2 atom stereocenters. The van der Waals surface area contributed by atoms with Crippen molar-refractivity contribution < 1.29 is 0 Å². The Balaban J connectivity index is 1.79. The number of nitrogens with zero attached hydrogens (tertiary/aromatic N) is 3. The average molecular weight is 350 g/mol. The molecule has 6 heteroatoms. The summed E-state index contributed by atoms with van der Waals surface area (Å²) in [5, 5.41) is 4.30. The highest BCUT2D eigenvalue weighted by molar-refractivity contribution is 5.78. The van der Waals surface area contributed by atoms with Gasteiger partial charge in [0.2, 0.25) is 0 Å². The number of rotatable bonds is 0. The molecule has 4 heterocycles. The number of para-hydroxylation sites is 1. The number of nitrogens with one attached hydrogen (secondary N) is 1. The van der Waals surface area contributed by atoms with Crippen LogP contribution in [0.4, 0.5) is 5.69 Å². The van der Waals surface area contributed by atoms with E-state index in [4.69, 9.17) is 0 Å². The van der Waals surface area contributed by atoms with Gasteiger partial charge in [-0.1, -0.05) is 32.0 Å². The van der Waals surface area contributed by atoms with E-state index in [-0.39, 0.29) is 22.7 Å². The summed E-state index contributed by atoms with van der Waals surface area (Å²) in [6.45, 7) is 5.37. The van der Waals surface area contributed by atoms with Crippen LogP contribution in [-0.4, -0.2) is 13.7 Å². The first-order valence-electron chi connectivity index (χ1n) is 8.97. The molecule has 0 radical (unpaired) electrons. The van der Waals surface area contributed by atoms with Crippen LogP contribution in [0.2, 0.25) is 0 Å². The van der Waals surface area contributed by atoms with Gasteiger partial charge in [0, 0.05) is 37.9 Å². The second kappa shape index (κ2) is 4.69. The third-order valence-corrected chi connectivity index (χ3v) is 6.49. The van der Waals surface area contributed by atoms with Gasteiger partial charge in [0.15, 0.2) is 0 Å². The predicted octanol–water partition coefficient (Wildman–Crippen LogP) is 2.11. The summed E-state index contributed by atoms with van der Waals surface area (Å²) in [4.78, 5) is 25.0. The molecule has 0 saturated carbocycles. The van der Waals surface area contributed by atoms with E-state index in [9.17, 15) is 9.59 Å². The molecule has 2 aliphatic rings. The minimum absolute atomic E-state index is 0.00351. The summed E-state index contributed by atoms with van der Waals surface area (Å²) in [7, 11) is 3.28. The fraction of sp³-hybridized carbons (Fsp3) is 0.400. The number of aryl methyl sites for hydroxylation is 1. The first-order chi connectivity index (χ1) is 12.3. The molecule has 0 aliphatic carbocycles. The normalized spacial score (nSPS) is 22.6. The van der Waals surface area contributed by atoms with Crippen LogP contribution in [0.15, 0.2) is 39.9 Å². The number of hydrogen-bond donors (Lipinski definition) is 1. The van der Waals surface area contributed by atoms with Crippen molar-refractivity contribution in [3.8, 4) is 0 Å². The minimum atomic E-state index is -0.284. The smallest absolute Gasteiger partial charge is 0.332 e. The van der Waals surface area contributed by atoms with Crippen molar-refractivity contribution >= 4 is 16.7 Å². The van der Waals surface area contributed by atoms with E-state index >= 15 is 0 Å². The van der Waals surface area contributed by atoms with Crippen LogP contribution >= 0.6 is 0 Å². The molecule has 0 spiro atoms. The second-order valence-electron chi connectivity index (χ2n) is 8.12. The molecule has 3 aromatic rings. The third kappa shape index (κ3) is 1.67. The Morgan fingerprint density at radius 1 is 1.12 bits per heavy atom. The van der Waals surface area contributed by atoms with Crippen LogP contribution in [0.3, 0.4) is 0 Å². The van der Waals surface area contributed by atoms with Gasteiger partial charge in [-0.25, -0.2) is 4.79 Å². The van der Waals surface area contributed by atoms with E-state index in [2.05, 4.69) is 41.9 Å². The molecule has 2 aromatic heterocycles. The average Bonchev–Trinajstić information content (AvgIpc) is 3.16. The first kappa shape index (κ1) is 15.5. The Morgan fingerprint density at radius 3 is 2.62 bits per heavy atom. The zero-order valence-electron chi connectivity index (χ0n) is 15.4. The van der Waals surface area contributed by atoms with Crippen molar-refractivity contribution in [2.24, 2.45) is 20.0 Å². The Morgan fingerprint density at radius 2 is 1.85 bits per heavy atom. The van der Waals surface area contributed by atoms with Crippen LogP contribution in [0.1, 0.15) is 31.1 Å². The van der Waals surface area contributed by atoms with Crippen LogP contribution in [0, 0.1) is 5.92 Å². The van der Waals surface area contributed by atoms with Gasteiger partial charge in [-0.2, -0.15) is 0 Å². The SMILES string of the molecule is Cn1c(=O)c2cc3n(c2n(C)c1=O)C[C@@H]1[C@H]3Nc2ccccc2C1(C)C. The molecule has 6 nitrogen and oxygen atoms in total. The number of anilines is 1. The highest BCUT2D eigenvalue weighted by Gasteiger charge is 2.48. The summed E-state index contributed by atoms with van der Waals surface area (Å²) in [6, 6.07) is 10.5. The van der Waals surface area contributed by atoms with Crippen molar-refractivity contribution in [1.29, 1.82) is 0 Å². The molecule has 0 amide bonds. The lowest BCUT2D eigenvalue weighted by Crippen LogP contribution is -2.40. The Bertz CT molecular complexity index is 1190. The quantitative estimate of drug-likeness (QED) is 0.675. The van der Waals surface area contributed by atoms with Crippen molar-refractivity contribution in [2.75, 3.05) is 5.32 Å². The molecule has 1 N–H and O–H groups in total. The van der Waals surface area contributed by atoms with E-state index in [0.717, 1.165) is 23.6 Å². The van der Waals surface area contributed by atoms with Crippen LogP contribution < -0.4 is 16.6 Å². The standard InChI is InChI=1S/C20H22N4O2/c1-20(2)12-7-5-6-8-14(12)21-16-13(20)10-24-15(16)9-11-17(24)22(3)19(26)23(4)18(11)25/h5-9,13,16,21H,10H2,1-4H3/t13-,16-/m1/s1. The second-order valence-corrected chi connectivity index (χ2v) is 8.12. The van der Waals surface area contributed by atoms with Gasteiger partial charge in [-0.3, -0.25) is 13.9 Å². The number of fused-ring (bicyclic) bond motifs is 6. The molecular formula is C20H22N4O2. The fourth-order valence-corrected chi connectivity index (χ4v) is 4.98. The Labute approximate surface area is 150 Å². The van der Waals surface area contributed by atoms with Gasteiger partial charge in [0.25, 0.3) is 5.56 Å². The number of hydrogen-bond acceptors (Lipinski definition) is 3. The topological polar surface area (TPSA) is 61.0 Å². The highest BCUT2D eigenvalue weighted by Crippen LogP contribution is 2.52. The molecule has 0 saturated heterocycles. The van der Waals surface area contributed by atoms with Gasteiger partial charge in [-0.15, -0.1) is 0 Å². The molecule has 26 heavy (non-hydrogen) atoms. The van der Waals surface area contributed by atoms with E-state index in [1.807, 2.05) is 12.1 Å². The maximum absolute atomic E-state index is 12.6. The van der Waals surface area contributed by atoms with E-state index in [1.54, 1.807) is 11.6 Å². The van der Waals surface area contributed by atoms with Gasteiger partial charge in [0.1, 0.15) is 5.65 Å². The van der Waals surface area contributed by atoms with Crippen LogP contribution in [0.25, 0.3) is 11.0 Å². The fourth-order valence-electron chi connectivity index (χ4n) is 4.98. The molecule has 2 aliphatic heterocycles. The Hall–Kier alpha value is -2.76. The van der Waals surface area contributed by atoms with E-state index < -0.39 is 0 Å². The molecule has 0 bridgehead atoms. The summed E-state index contributed by atoms with van der Waals surface area (Å²) >= 11 is 0. The maximum atomic E-state index is 12.6. The number of aromatic nitrogens is 3. The number of benzene rings is 1. The van der Waals surface area contributed by atoms with Crippen molar-refractivity contribution in [2.45, 2.75) is 31.8 Å². The predicted molar refractivity (Wildman–Crippen MR) is 102 cm³/mol. The highest BCUT2D eigenvalue weighted by atomic mass is 16.2. The zero-order chi connectivity index (χ0) is 18.4. The van der Waals surface area contributed by atoms with Crippen LogP contribution in [0.5, 0.6) is 0 Å². The molecular weight excluding hydrogens is 328 g/mol. The summed E-state index contributed by atoms with van der Waals surface area (Å²) < 4.78 is 4.94. The summed E-state index contributed by atoms with van der Waals surface area (Å²) in [5.41, 5.74) is 3.78. The van der Waals surface area contributed by atoms with Gasteiger partial charge in [0.05, 0.1) is 11.4 Å². The molecule has 0 fully saturated rings. The minimum Gasteiger partial charge on any atom is -0.376 e. The monoisotopic (exact) mass is 350 g/mol. The molecule has 1 aromatic carbocycles. The van der Waals surface area contributed by atoms with E-state index in [1.165, 1.54) is 17.2 Å². The van der Waals surface area contributed by atoms with E-state index in [0.29, 0.717) is 11.3 Å². The molecule has 134 valence electrons. The van der Waals surface area contributed by atoms with Crippen molar-refractivity contribution in [1.82, 2.24) is 13.7 Å². The Kier molecular flexibility index (Phi) is 2.80. The lowest BCUT2D eigenvalue weighted by Gasteiger charge is -2.42. The van der Waals surface area contributed by atoms with Crippen molar-refractivity contribution in [3.05, 3.63) is 62.4 Å². The zero-order valence-corrected chi connectivity index (χ0v) is 15.4. The largest absolute Gasteiger partial charge is 0.376 e.